The van der Waals surface area contributed by atoms with Crippen molar-refractivity contribution in [2.45, 2.75) is 37.7 Å². The molecule has 22 heavy (non-hydrogen) atoms. The number of ether oxygens (including phenoxy) is 1. The largest absolute Gasteiger partial charge is 0.378 e. The molecule has 1 aromatic carbocycles. The second-order valence-electron chi connectivity index (χ2n) is 5.40. The van der Waals surface area contributed by atoms with Crippen LogP contribution in [0.15, 0.2) is 24.3 Å². The molecule has 1 fully saturated rings. The molecule has 1 aliphatic heterocycles. The van der Waals surface area contributed by atoms with Gasteiger partial charge in [0.25, 0.3) is 0 Å². The van der Waals surface area contributed by atoms with E-state index in [1.165, 1.54) is 7.05 Å². The monoisotopic (exact) mass is 326 g/mol. The highest BCUT2D eigenvalue weighted by molar-refractivity contribution is 7.88. The molecule has 0 aromatic heterocycles. The van der Waals surface area contributed by atoms with Crippen LogP contribution in [0.1, 0.15) is 30.4 Å². The first-order valence-corrected chi connectivity index (χ1v) is 9.01. The Balaban J connectivity index is 1.79. The Morgan fingerprint density at radius 1 is 1.27 bits per heavy atom. The molecule has 0 bridgehead atoms. The van der Waals surface area contributed by atoms with Gasteiger partial charge in [-0.05, 0) is 31.0 Å². The van der Waals surface area contributed by atoms with Gasteiger partial charge in [0.1, 0.15) is 0 Å². The van der Waals surface area contributed by atoms with E-state index in [2.05, 4.69) is 10.0 Å². The van der Waals surface area contributed by atoms with Crippen LogP contribution in [0.2, 0.25) is 0 Å². The van der Waals surface area contributed by atoms with Gasteiger partial charge in [-0.1, -0.05) is 24.3 Å². The first-order valence-electron chi connectivity index (χ1n) is 7.36. The van der Waals surface area contributed by atoms with E-state index in [0.717, 1.165) is 25.0 Å². The Labute approximate surface area is 131 Å². The molecule has 1 atom stereocenters. The molecule has 0 saturated carbocycles. The van der Waals surface area contributed by atoms with Crippen molar-refractivity contribution in [3.63, 3.8) is 0 Å². The first-order chi connectivity index (χ1) is 10.5. The molecule has 7 heteroatoms. The van der Waals surface area contributed by atoms with E-state index in [1.807, 2.05) is 12.1 Å². The van der Waals surface area contributed by atoms with E-state index >= 15 is 0 Å². The molecule has 1 heterocycles. The highest BCUT2D eigenvalue weighted by Crippen LogP contribution is 2.15. The minimum atomic E-state index is -3.26. The van der Waals surface area contributed by atoms with Crippen molar-refractivity contribution in [1.82, 2.24) is 10.0 Å². The first kappa shape index (κ1) is 16.9. The van der Waals surface area contributed by atoms with Crippen LogP contribution in [0.4, 0.5) is 0 Å². The zero-order valence-corrected chi connectivity index (χ0v) is 13.5. The molecule has 0 unspecified atom stereocenters. The Morgan fingerprint density at radius 2 is 1.95 bits per heavy atom. The highest BCUT2D eigenvalue weighted by atomic mass is 32.2. The lowest BCUT2D eigenvalue weighted by Gasteiger charge is -2.10. The molecule has 0 radical (unpaired) electrons. The zero-order valence-electron chi connectivity index (χ0n) is 12.7. The standard InChI is InChI=1S/C15H22N2O4S/c1-16-22(19,20)11-13-6-4-12(5-7-13)10-17-15(18)9-14-3-2-8-21-14/h4-7,14,16H,2-3,8-11H2,1H3,(H,17,18)/t14-/m1/s1. The predicted molar refractivity (Wildman–Crippen MR) is 83.6 cm³/mol. The smallest absolute Gasteiger partial charge is 0.222 e. The second-order valence-corrected chi connectivity index (χ2v) is 7.32. The minimum absolute atomic E-state index is 0.0197. The quantitative estimate of drug-likeness (QED) is 0.780. The number of benzene rings is 1. The summed E-state index contributed by atoms with van der Waals surface area (Å²) in [5.74, 6) is -0.0662. The Bertz CT molecular complexity index is 592. The molecule has 2 rings (SSSR count). The van der Waals surface area contributed by atoms with Crippen LogP contribution >= 0.6 is 0 Å². The maximum Gasteiger partial charge on any atom is 0.222 e. The van der Waals surface area contributed by atoms with E-state index in [9.17, 15) is 13.2 Å². The average molecular weight is 326 g/mol. The normalized spacial score (nSPS) is 18.3. The Morgan fingerprint density at radius 3 is 2.55 bits per heavy atom. The fourth-order valence-electron chi connectivity index (χ4n) is 2.33. The summed E-state index contributed by atoms with van der Waals surface area (Å²) in [6.45, 7) is 1.18. The molecule has 2 N–H and O–H groups in total. The van der Waals surface area contributed by atoms with Crippen LogP contribution in [0, 0.1) is 0 Å². The summed E-state index contributed by atoms with van der Waals surface area (Å²) in [5, 5.41) is 2.86. The van der Waals surface area contributed by atoms with Gasteiger partial charge in [0.15, 0.2) is 0 Å². The van der Waals surface area contributed by atoms with E-state index in [0.29, 0.717) is 18.5 Å². The molecule has 6 nitrogen and oxygen atoms in total. The van der Waals surface area contributed by atoms with Crippen molar-refractivity contribution >= 4 is 15.9 Å². The van der Waals surface area contributed by atoms with Crippen molar-refractivity contribution in [2.24, 2.45) is 0 Å². The van der Waals surface area contributed by atoms with Crippen molar-refractivity contribution in [3.05, 3.63) is 35.4 Å². The number of nitrogens with one attached hydrogen (secondary N) is 2. The van der Waals surface area contributed by atoms with Crippen molar-refractivity contribution in [1.29, 1.82) is 0 Å². The van der Waals surface area contributed by atoms with Crippen molar-refractivity contribution in [2.75, 3.05) is 13.7 Å². The third kappa shape index (κ3) is 5.40. The van der Waals surface area contributed by atoms with Crippen LogP contribution in [-0.4, -0.2) is 34.1 Å². The molecule has 0 spiro atoms. The van der Waals surface area contributed by atoms with Gasteiger partial charge in [-0.2, -0.15) is 0 Å². The summed E-state index contributed by atoms with van der Waals surface area (Å²) in [4.78, 5) is 11.8. The lowest BCUT2D eigenvalue weighted by Crippen LogP contribution is -2.26. The average Bonchev–Trinajstić information content (AvgIpc) is 2.99. The van der Waals surface area contributed by atoms with E-state index in [4.69, 9.17) is 4.74 Å². The number of carbonyl (C=O) groups excluding carboxylic acids is 1. The summed E-state index contributed by atoms with van der Waals surface area (Å²) in [6, 6.07) is 7.17. The van der Waals surface area contributed by atoms with Crippen molar-refractivity contribution < 1.29 is 17.9 Å². The van der Waals surface area contributed by atoms with E-state index < -0.39 is 10.0 Å². The third-order valence-corrected chi connectivity index (χ3v) is 4.95. The van der Waals surface area contributed by atoms with Gasteiger partial charge in [0.2, 0.25) is 15.9 Å². The highest BCUT2D eigenvalue weighted by Gasteiger charge is 2.18. The van der Waals surface area contributed by atoms with Crippen molar-refractivity contribution in [3.8, 4) is 0 Å². The van der Waals surface area contributed by atoms with Gasteiger partial charge in [-0.15, -0.1) is 0 Å². The van der Waals surface area contributed by atoms with Crippen LogP contribution < -0.4 is 10.0 Å². The summed E-state index contributed by atoms with van der Waals surface area (Å²) in [6.07, 6.45) is 2.42. The maximum atomic E-state index is 11.8. The van der Waals surface area contributed by atoms with Gasteiger partial charge in [-0.25, -0.2) is 13.1 Å². The minimum Gasteiger partial charge on any atom is -0.378 e. The van der Waals surface area contributed by atoms with Crippen LogP contribution in [-0.2, 0) is 31.9 Å². The second kappa shape index (κ2) is 7.71. The molecule has 1 saturated heterocycles. The Kier molecular flexibility index (Phi) is 5.93. The number of rotatable bonds is 7. The molecule has 122 valence electrons. The molecule has 1 aromatic rings. The lowest BCUT2D eigenvalue weighted by molar-refractivity contribution is -0.123. The van der Waals surface area contributed by atoms with Crippen LogP contribution in [0.3, 0.4) is 0 Å². The summed E-state index contributed by atoms with van der Waals surface area (Å²) < 4.78 is 30.6. The SMILES string of the molecule is CNS(=O)(=O)Cc1ccc(CNC(=O)C[C@H]2CCCO2)cc1. The van der Waals surface area contributed by atoms with Gasteiger partial charge in [0.05, 0.1) is 18.3 Å². The molecule has 1 amide bonds. The third-order valence-electron chi connectivity index (χ3n) is 3.62. The number of amides is 1. The number of sulfonamides is 1. The summed E-state index contributed by atoms with van der Waals surface area (Å²) >= 11 is 0. The molecule has 1 aliphatic rings. The van der Waals surface area contributed by atoms with Gasteiger partial charge in [0, 0.05) is 13.2 Å². The summed E-state index contributed by atoms with van der Waals surface area (Å²) in [5.41, 5.74) is 1.65. The summed E-state index contributed by atoms with van der Waals surface area (Å²) in [7, 11) is -1.86. The van der Waals surface area contributed by atoms with E-state index in [-0.39, 0.29) is 17.8 Å². The van der Waals surface area contributed by atoms with E-state index in [1.54, 1.807) is 12.1 Å². The van der Waals surface area contributed by atoms with Gasteiger partial charge < -0.3 is 10.1 Å². The lowest BCUT2D eigenvalue weighted by atomic mass is 10.1. The topological polar surface area (TPSA) is 84.5 Å². The molecular weight excluding hydrogens is 304 g/mol. The van der Waals surface area contributed by atoms with Gasteiger partial charge in [-0.3, -0.25) is 4.79 Å². The van der Waals surface area contributed by atoms with Crippen LogP contribution in [0.25, 0.3) is 0 Å². The number of carbonyl (C=O) groups is 1. The number of hydrogen-bond donors (Lipinski definition) is 2. The fourth-order valence-corrected chi connectivity index (χ4v) is 3.11. The fraction of sp³-hybridized carbons (Fsp3) is 0.533. The van der Waals surface area contributed by atoms with Crippen LogP contribution in [0.5, 0.6) is 0 Å². The zero-order chi connectivity index (χ0) is 16.0. The Hall–Kier alpha value is -1.44. The molecular formula is C15H22N2O4S. The molecule has 0 aliphatic carbocycles. The predicted octanol–water partition coefficient (Wildman–Crippen LogP) is 0.921. The van der Waals surface area contributed by atoms with Gasteiger partial charge >= 0.3 is 0 Å². The number of hydrogen-bond acceptors (Lipinski definition) is 4. The maximum absolute atomic E-state index is 11.8.